The molecule has 0 unspecified atom stereocenters. The van der Waals surface area contributed by atoms with Crippen LogP contribution in [0.1, 0.15) is 13.3 Å². The lowest BCUT2D eigenvalue weighted by atomic mass is 10.2. The second-order valence-corrected chi connectivity index (χ2v) is 6.89. The van der Waals surface area contributed by atoms with Crippen molar-refractivity contribution in [3.63, 3.8) is 0 Å². The van der Waals surface area contributed by atoms with Crippen LogP contribution in [-0.4, -0.2) is 68.7 Å². The van der Waals surface area contributed by atoms with Gasteiger partial charge in [0.25, 0.3) is 5.91 Å². The van der Waals surface area contributed by atoms with Gasteiger partial charge >= 0.3 is 6.09 Å². The Morgan fingerprint density at radius 1 is 1.30 bits per heavy atom. The number of piperazine rings is 1. The van der Waals surface area contributed by atoms with Gasteiger partial charge in [-0.2, -0.15) is 0 Å². The third kappa shape index (κ3) is 3.86. The first kappa shape index (κ1) is 19.4. The number of amides is 3. The minimum atomic E-state index is -0.442. The van der Waals surface area contributed by atoms with E-state index in [1.54, 1.807) is 30.0 Å². The van der Waals surface area contributed by atoms with Gasteiger partial charge in [0.2, 0.25) is 5.91 Å². The summed E-state index contributed by atoms with van der Waals surface area (Å²) in [7, 11) is 1.50. The van der Waals surface area contributed by atoms with Crippen molar-refractivity contribution in [3.05, 3.63) is 23.2 Å². The zero-order chi connectivity index (χ0) is 19.6. The first-order chi connectivity index (χ1) is 13.0. The standard InChI is InChI=1S/C18H22ClN3O5/c1-3-27-18(25)21-8-6-20(7-9-21)14-11-16(23)22(17(14)24)12-4-5-15(26-2)13(19)10-12/h4-5,10,14H,3,6-9,11H2,1-2H3/p+1/t14-/m1/s1. The van der Waals surface area contributed by atoms with Gasteiger partial charge in [-0.3, -0.25) is 14.5 Å². The summed E-state index contributed by atoms with van der Waals surface area (Å²) in [6, 6.07) is 4.41. The number of imide groups is 1. The number of rotatable bonds is 4. The SMILES string of the molecule is CCOC(=O)N1CC[NH+]([C@@H]2CC(=O)N(c3ccc(OC)c(Cl)c3)C2=O)CC1. The van der Waals surface area contributed by atoms with Gasteiger partial charge in [0, 0.05) is 0 Å². The Balaban J connectivity index is 1.68. The number of methoxy groups -OCH3 is 1. The van der Waals surface area contributed by atoms with Crippen LogP contribution in [0.4, 0.5) is 10.5 Å². The van der Waals surface area contributed by atoms with Crippen LogP contribution in [-0.2, 0) is 14.3 Å². The van der Waals surface area contributed by atoms with Gasteiger partial charge in [-0.05, 0) is 25.1 Å². The number of quaternary nitrogens is 1. The molecule has 2 fully saturated rings. The number of carbonyl (C=O) groups is 3. The molecule has 3 amide bonds. The van der Waals surface area contributed by atoms with E-state index in [4.69, 9.17) is 21.1 Å². The van der Waals surface area contributed by atoms with Crippen molar-refractivity contribution in [2.45, 2.75) is 19.4 Å². The van der Waals surface area contributed by atoms with Crippen LogP contribution in [0.3, 0.4) is 0 Å². The van der Waals surface area contributed by atoms with E-state index >= 15 is 0 Å². The summed E-state index contributed by atoms with van der Waals surface area (Å²) < 4.78 is 10.1. The van der Waals surface area contributed by atoms with E-state index in [1.807, 2.05) is 0 Å². The molecule has 0 saturated carbocycles. The highest BCUT2D eigenvalue weighted by Gasteiger charge is 2.46. The maximum absolute atomic E-state index is 12.9. The average molecular weight is 397 g/mol. The largest absolute Gasteiger partial charge is 0.495 e. The van der Waals surface area contributed by atoms with Gasteiger partial charge in [0.15, 0.2) is 6.04 Å². The molecular weight excluding hydrogens is 374 g/mol. The molecule has 8 nitrogen and oxygen atoms in total. The number of ether oxygens (including phenoxy) is 2. The van der Waals surface area contributed by atoms with Crippen molar-refractivity contribution >= 4 is 35.2 Å². The molecule has 0 aliphatic carbocycles. The highest BCUT2D eigenvalue weighted by molar-refractivity contribution is 6.32. The lowest BCUT2D eigenvalue weighted by molar-refractivity contribution is -0.918. The molecule has 0 spiro atoms. The van der Waals surface area contributed by atoms with Crippen LogP contribution >= 0.6 is 11.6 Å². The first-order valence-corrected chi connectivity index (χ1v) is 9.30. The van der Waals surface area contributed by atoms with Gasteiger partial charge in [-0.15, -0.1) is 0 Å². The Bertz CT molecular complexity index is 749. The van der Waals surface area contributed by atoms with Crippen LogP contribution in [0.2, 0.25) is 5.02 Å². The Morgan fingerprint density at radius 3 is 2.59 bits per heavy atom. The van der Waals surface area contributed by atoms with E-state index in [0.717, 1.165) is 4.90 Å². The van der Waals surface area contributed by atoms with E-state index in [2.05, 4.69) is 0 Å². The maximum atomic E-state index is 12.9. The molecule has 1 atom stereocenters. The number of benzene rings is 1. The Hall–Kier alpha value is -2.32. The lowest BCUT2D eigenvalue weighted by Gasteiger charge is -2.33. The predicted octanol–water partition coefficient (Wildman–Crippen LogP) is 0.338. The molecule has 146 valence electrons. The highest BCUT2D eigenvalue weighted by atomic mass is 35.5. The topological polar surface area (TPSA) is 80.6 Å². The highest BCUT2D eigenvalue weighted by Crippen LogP contribution is 2.31. The number of nitrogens with one attached hydrogen (secondary N) is 1. The Labute approximate surface area is 162 Å². The maximum Gasteiger partial charge on any atom is 0.410 e. The van der Waals surface area contributed by atoms with Crippen LogP contribution in [0, 0.1) is 0 Å². The van der Waals surface area contributed by atoms with Gasteiger partial charge in [-0.1, -0.05) is 11.6 Å². The van der Waals surface area contributed by atoms with Crippen molar-refractivity contribution in [2.24, 2.45) is 0 Å². The third-order valence-electron chi connectivity index (χ3n) is 4.96. The van der Waals surface area contributed by atoms with Crippen molar-refractivity contribution in [1.29, 1.82) is 0 Å². The lowest BCUT2D eigenvalue weighted by Crippen LogP contribution is -3.19. The second-order valence-electron chi connectivity index (χ2n) is 6.49. The number of nitrogens with zero attached hydrogens (tertiary/aromatic N) is 2. The van der Waals surface area contributed by atoms with Crippen LogP contribution in [0.15, 0.2) is 18.2 Å². The smallest absolute Gasteiger partial charge is 0.410 e. The van der Waals surface area contributed by atoms with Crippen molar-refractivity contribution in [3.8, 4) is 5.75 Å². The number of hydrogen-bond donors (Lipinski definition) is 1. The molecule has 1 aromatic carbocycles. The van der Waals surface area contributed by atoms with Crippen LogP contribution < -0.4 is 14.5 Å². The number of anilines is 1. The predicted molar refractivity (Wildman–Crippen MR) is 98.2 cm³/mol. The van der Waals surface area contributed by atoms with Gasteiger partial charge in [0.1, 0.15) is 5.75 Å². The van der Waals surface area contributed by atoms with Crippen molar-refractivity contribution in [1.82, 2.24) is 4.90 Å². The van der Waals surface area contributed by atoms with Gasteiger partial charge in [0.05, 0.1) is 57.0 Å². The summed E-state index contributed by atoms with van der Waals surface area (Å²) in [4.78, 5) is 41.0. The van der Waals surface area contributed by atoms with Gasteiger partial charge in [-0.25, -0.2) is 9.69 Å². The third-order valence-corrected chi connectivity index (χ3v) is 5.26. The zero-order valence-electron chi connectivity index (χ0n) is 15.4. The molecule has 2 saturated heterocycles. The molecule has 2 heterocycles. The fourth-order valence-electron chi connectivity index (χ4n) is 3.56. The summed E-state index contributed by atoms with van der Waals surface area (Å²) in [6.45, 7) is 4.30. The minimum absolute atomic E-state index is 0.150. The Morgan fingerprint density at radius 2 is 2.00 bits per heavy atom. The molecule has 0 radical (unpaired) electrons. The van der Waals surface area contributed by atoms with Gasteiger partial charge < -0.3 is 14.4 Å². The van der Waals surface area contributed by atoms with E-state index < -0.39 is 6.04 Å². The monoisotopic (exact) mass is 396 g/mol. The molecule has 3 rings (SSSR count). The van der Waals surface area contributed by atoms with Crippen LogP contribution in [0.5, 0.6) is 5.75 Å². The average Bonchev–Trinajstić information content (AvgIpc) is 2.96. The minimum Gasteiger partial charge on any atom is -0.495 e. The van der Waals surface area contributed by atoms with Crippen molar-refractivity contribution < 1.29 is 28.8 Å². The first-order valence-electron chi connectivity index (χ1n) is 8.92. The molecule has 27 heavy (non-hydrogen) atoms. The molecule has 1 aromatic rings. The van der Waals surface area contributed by atoms with E-state index in [-0.39, 0.29) is 24.3 Å². The molecule has 9 heteroatoms. The van der Waals surface area contributed by atoms with E-state index in [1.165, 1.54) is 12.0 Å². The molecule has 0 bridgehead atoms. The second kappa shape index (κ2) is 8.14. The normalized spacial score (nSPS) is 20.9. The van der Waals surface area contributed by atoms with Crippen LogP contribution in [0.25, 0.3) is 0 Å². The zero-order valence-corrected chi connectivity index (χ0v) is 16.1. The summed E-state index contributed by atoms with van der Waals surface area (Å²) in [5.41, 5.74) is 0.447. The summed E-state index contributed by atoms with van der Waals surface area (Å²) in [6.07, 6.45) is -0.183. The summed E-state index contributed by atoms with van der Waals surface area (Å²) in [5.74, 6) is 0.00384. The number of hydrogen-bond acceptors (Lipinski definition) is 5. The molecule has 1 N–H and O–H groups in total. The van der Waals surface area contributed by atoms with E-state index in [0.29, 0.717) is 49.2 Å². The quantitative estimate of drug-likeness (QED) is 0.742. The molecule has 2 aliphatic rings. The molecule has 2 aliphatic heterocycles. The summed E-state index contributed by atoms with van der Waals surface area (Å²) >= 11 is 6.13. The fourth-order valence-corrected chi connectivity index (χ4v) is 3.81. The molecule has 0 aromatic heterocycles. The number of halogens is 1. The van der Waals surface area contributed by atoms with Crippen molar-refractivity contribution in [2.75, 3.05) is 44.8 Å². The summed E-state index contributed by atoms with van der Waals surface area (Å²) in [5, 5.41) is 0.342. The van der Waals surface area contributed by atoms with E-state index in [9.17, 15) is 14.4 Å². The Kier molecular flexibility index (Phi) is 5.86. The fraction of sp³-hybridized carbons (Fsp3) is 0.500. The molecular formula is C18H23ClN3O5+. The number of carbonyl (C=O) groups excluding carboxylic acids is 3.